The second-order valence-electron chi connectivity index (χ2n) is 7.43. The van der Waals surface area contributed by atoms with Crippen molar-refractivity contribution in [1.29, 1.82) is 0 Å². The molecule has 1 fully saturated rings. The van der Waals surface area contributed by atoms with E-state index < -0.39 is 0 Å². The summed E-state index contributed by atoms with van der Waals surface area (Å²) in [4.78, 5) is 13.1. The number of nitrogens with one attached hydrogen (secondary N) is 1. The fourth-order valence-corrected chi connectivity index (χ4v) is 4.66. The molecule has 158 valence electrons. The van der Waals surface area contributed by atoms with Gasteiger partial charge in [0, 0.05) is 11.6 Å². The van der Waals surface area contributed by atoms with E-state index in [0.29, 0.717) is 43.1 Å². The first-order valence-corrected chi connectivity index (χ1v) is 11.3. The van der Waals surface area contributed by atoms with Crippen LogP contribution in [-0.2, 0) is 0 Å². The quantitative estimate of drug-likeness (QED) is 0.449. The summed E-state index contributed by atoms with van der Waals surface area (Å²) in [5, 5.41) is 9.37. The molecule has 1 aliphatic rings. The normalized spacial score (nSPS) is 14.8. The van der Waals surface area contributed by atoms with Crippen LogP contribution in [0.5, 0.6) is 0 Å². The summed E-state index contributed by atoms with van der Waals surface area (Å²) in [6, 6.07) is 8.70. The fraction of sp³-hybridized carbons (Fsp3) is 0.333. The van der Waals surface area contributed by atoms with Crippen molar-refractivity contribution in [2.75, 3.05) is 0 Å². The average molecular weight is 486 g/mol. The first-order chi connectivity index (χ1) is 14.4. The van der Waals surface area contributed by atoms with Crippen LogP contribution in [-0.4, -0.2) is 26.3 Å². The number of aromatic nitrogens is 3. The van der Waals surface area contributed by atoms with E-state index in [-0.39, 0.29) is 11.9 Å². The average Bonchev–Trinajstić information content (AvgIpc) is 3.23. The van der Waals surface area contributed by atoms with Crippen LogP contribution in [0.15, 0.2) is 30.3 Å². The molecule has 2 aromatic heterocycles. The number of carbonyl (C=O) groups excluding carboxylic acids is 1. The minimum Gasteiger partial charge on any atom is -0.348 e. The molecule has 3 aromatic rings. The molecule has 0 atom stereocenters. The molecule has 2 heterocycles. The van der Waals surface area contributed by atoms with Gasteiger partial charge < -0.3 is 5.32 Å². The number of halogens is 4. The van der Waals surface area contributed by atoms with Gasteiger partial charge in [-0.3, -0.25) is 9.36 Å². The summed E-state index contributed by atoms with van der Waals surface area (Å²) in [5.74, 6) is 0.362. The van der Waals surface area contributed by atoms with Crippen molar-refractivity contribution in [3.05, 3.63) is 61.9 Å². The third-order valence-electron chi connectivity index (χ3n) is 5.39. The monoisotopic (exact) mass is 484 g/mol. The molecule has 1 N–H and O–H groups in total. The molecule has 1 amide bonds. The van der Waals surface area contributed by atoms with Gasteiger partial charge in [-0.15, -0.1) is 0 Å². The van der Waals surface area contributed by atoms with Crippen molar-refractivity contribution in [3.63, 3.8) is 0 Å². The van der Waals surface area contributed by atoms with Gasteiger partial charge in [-0.2, -0.15) is 5.10 Å². The van der Waals surface area contributed by atoms with Gasteiger partial charge >= 0.3 is 0 Å². The van der Waals surface area contributed by atoms with E-state index in [2.05, 4.69) is 10.4 Å². The predicted molar refractivity (Wildman–Crippen MR) is 122 cm³/mol. The molecule has 0 radical (unpaired) electrons. The second kappa shape index (κ2) is 8.83. The van der Waals surface area contributed by atoms with Crippen molar-refractivity contribution < 1.29 is 4.79 Å². The number of hydrogen-bond donors (Lipinski definition) is 1. The molecule has 0 unspecified atom stereocenters. The summed E-state index contributed by atoms with van der Waals surface area (Å²) in [6.45, 7) is 1.83. The van der Waals surface area contributed by atoms with Gasteiger partial charge in [0.05, 0.1) is 15.7 Å². The Morgan fingerprint density at radius 3 is 2.30 bits per heavy atom. The van der Waals surface area contributed by atoms with Gasteiger partial charge in [0.2, 0.25) is 0 Å². The second-order valence-corrected chi connectivity index (χ2v) is 9.02. The van der Waals surface area contributed by atoms with E-state index in [1.807, 2.05) is 6.92 Å². The Kier molecular flexibility index (Phi) is 6.35. The molecular weight excluding hydrogens is 466 g/mol. The van der Waals surface area contributed by atoms with Crippen LogP contribution >= 0.6 is 46.4 Å². The third kappa shape index (κ3) is 4.09. The Balaban J connectivity index is 1.82. The SMILES string of the molecule is Cc1c(C(=O)NC2CCCCC2)nn(-c2ccc(Cl)c(Cl)c2)c1-n1c(Cl)ccc1Cl. The lowest BCUT2D eigenvalue weighted by atomic mass is 9.95. The maximum atomic E-state index is 13.1. The topological polar surface area (TPSA) is 51.9 Å². The molecule has 0 bridgehead atoms. The summed E-state index contributed by atoms with van der Waals surface area (Å²) >= 11 is 25.1. The van der Waals surface area contributed by atoms with Crippen molar-refractivity contribution in [2.24, 2.45) is 0 Å². The summed E-state index contributed by atoms with van der Waals surface area (Å²) in [5.41, 5.74) is 1.62. The van der Waals surface area contributed by atoms with E-state index in [9.17, 15) is 4.79 Å². The molecule has 0 aliphatic heterocycles. The first-order valence-electron chi connectivity index (χ1n) is 9.76. The minimum atomic E-state index is -0.209. The van der Waals surface area contributed by atoms with Crippen molar-refractivity contribution >= 4 is 52.3 Å². The predicted octanol–water partition coefficient (Wildman–Crippen LogP) is 6.65. The Labute approximate surface area is 194 Å². The zero-order valence-corrected chi connectivity index (χ0v) is 19.3. The number of benzene rings is 1. The number of carbonyl (C=O) groups is 1. The molecule has 1 aliphatic carbocycles. The largest absolute Gasteiger partial charge is 0.348 e. The molecule has 0 spiro atoms. The molecule has 5 nitrogen and oxygen atoms in total. The van der Waals surface area contributed by atoms with Crippen molar-refractivity contribution in [2.45, 2.75) is 45.1 Å². The van der Waals surface area contributed by atoms with E-state index in [1.165, 1.54) is 6.42 Å². The van der Waals surface area contributed by atoms with Gasteiger partial charge in [0.1, 0.15) is 16.1 Å². The van der Waals surface area contributed by atoms with Crippen LogP contribution in [0.25, 0.3) is 11.5 Å². The highest BCUT2D eigenvalue weighted by atomic mass is 35.5. The molecule has 1 saturated carbocycles. The van der Waals surface area contributed by atoms with Gasteiger partial charge in [-0.25, -0.2) is 4.68 Å². The molecule has 30 heavy (non-hydrogen) atoms. The summed E-state index contributed by atoms with van der Waals surface area (Å²) in [7, 11) is 0. The number of rotatable bonds is 4. The smallest absolute Gasteiger partial charge is 0.272 e. The lowest BCUT2D eigenvalue weighted by Gasteiger charge is -2.22. The molecule has 4 rings (SSSR count). The highest BCUT2D eigenvalue weighted by Gasteiger charge is 2.26. The molecule has 1 aromatic carbocycles. The maximum absolute atomic E-state index is 13.1. The minimum absolute atomic E-state index is 0.169. The summed E-state index contributed by atoms with van der Waals surface area (Å²) in [6.07, 6.45) is 5.44. The highest BCUT2D eigenvalue weighted by Crippen LogP contribution is 2.32. The lowest BCUT2D eigenvalue weighted by Crippen LogP contribution is -2.36. The molecular formula is C21H20Cl4N4O. The van der Waals surface area contributed by atoms with E-state index >= 15 is 0 Å². The third-order valence-corrected chi connectivity index (χ3v) is 6.72. The van der Waals surface area contributed by atoms with Gasteiger partial charge in [0.25, 0.3) is 5.91 Å². The Morgan fingerprint density at radius 1 is 1.00 bits per heavy atom. The van der Waals surface area contributed by atoms with Crippen LogP contribution in [0.4, 0.5) is 0 Å². The van der Waals surface area contributed by atoms with Crippen LogP contribution in [0.3, 0.4) is 0 Å². The first kappa shape index (κ1) is 21.6. The number of hydrogen-bond acceptors (Lipinski definition) is 2. The molecule has 0 saturated heterocycles. The number of nitrogens with zero attached hydrogens (tertiary/aromatic N) is 3. The van der Waals surface area contributed by atoms with E-state index in [0.717, 1.165) is 25.7 Å². The van der Waals surface area contributed by atoms with Crippen LogP contribution < -0.4 is 5.32 Å². The van der Waals surface area contributed by atoms with Gasteiger partial charge in [0.15, 0.2) is 5.69 Å². The number of amides is 1. The van der Waals surface area contributed by atoms with E-state index in [4.69, 9.17) is 46.4 Å². The molecule has 9 heteroatoms. The van der Waals surface area contributed by atoms with Crippen molar-refractivity contribution in [3.8, 4) is 11.5 Å². The van der Waals surface area contributed by atoms with Crippen molar-refractivity contribution in [1.82, 2.24) is 19.7 Å². The standard InChI is InChI=1S/C21H20Cl4N4O/c1-12-19(20(30)26-13-5-3-2-4-6-13)27-29(14-7-8-15(22)16(23)11-14)21(12)28-17(24)9-10-18(28)25/h7-11,13H,2-6H2,1H3,(H,26,30). The zero-order valence-electron chi connectivity index (χ0n) is 16.3. The lowest BCUT2D eigenvalue weighted by molar-refractivity contribution is 0.0921. The van der Waals surface area contributed by atoms with Gasteiger partial charge in [-0.1, -0.05) is 65.7 Å². The van der Waals surface area contributed by atoms with E-state index in [1.54, 1.807) is 39.6 Å². The Morgan fingerprint density at radius 2 is 1.67 bits per heavy atom. The van der Waals surface area contributed by atoms with Crippen LogP contribution in [0, 0.1) is 6.92 Å². The zero-order chi connectivity index (χ0) is 21.4. The Bertz CT molecular complexity index is 1080. The summed E-state index contributed by atoms with van der Waals surface area (Å²) < 4.78 is 3.26. The maximum Gasteiger partial charge on any atom is 0.272 e. The van der Waals surface area contributed by atoms with Gasteiger partial charge in [-0.05, 0) is 50.1 Å². The highest BCUT2D eigenvalue weighted by molar-refractivity contribution is 6.42. The fourth-order valence-electron chi connectivity index (χ4n) is 3.85. The Hall–Kier alpha value is -1.66. The van der Waals surface area contributed by atoms with Crippen LogP contribution in [0.2, 0.25) is 20.4 Å². The van der Waals surface area contributed by atoms with Crippen LogP contribution in [0.1, 0.15) is 48.2 Å².